The highest BCUT2D eigenvalue weighted by Crippen LogP contribution is 2.27. The Hall–Kier alpha value is -2.70. The maximum absolute atomic E-state index is 9.76. The second-order valence-electron chi connectivity index (χ2n) is 7.12. The SMILES string of the molecule is CNCC[C@H](C)Oc1cc2nc(Nc3cccc(C(C)O)c3)ncc2cc1C. The molecule has 0 saturated carbocycles. The highest BCUT2D eigenvalue weighted by Gasteiger charge is 2.10. The Morgan fingerprint density at radius 2 is 2.00 bits per heavy atom. The topological polar surface area (TPSA) is 79.3 Å². The van der Waals surface area contributed by atoms with Crippen molar-refractivity contribution in [2.75, 3.05) is 18.9 Å². The number of aliphatic hydroxyl groups is 1. The molecule has 0 saturated heterocycles. The highest BCUT2D eigenvalue weighted by molar-refractivity contribution is 5.81. The first-order chi connectivity index (χ1) is 13.5. The van der Waals surface area contributed by atoms with Gasteiger partial charge in [-0.05, 0) is 70.1 Å². The van der Waals surface area contributed by atoms with Crippen molar-refractivity contribution in [3.63, 3.8) is 0 Å². The number of aryl methyl sites for hydroxylation is 1. The van der Waals surface area contributed by atoms with Crippen molar-refractivity contribution < 1.29 is 9.84 Å². The molecule has 3 N–H and O–H groups in total. The zero-order valence-electron chi connectivity index (χ0n) is 16.9. The summed E-state index contributed by atoms with van der Waals surface area (Å²) in [5.74, 6) is 1.35. The van der Waals surface area contributed by atoms with Crippen LogP contribution in [-0.4, -0.2) is 34.8 Å². The van der Waals surface area contributed by atoms with Gasteiger partial charge in [0.25, 0.3) is 0 Å². The highest BCUT2D eigenvalue weighted by atomic mass is 16.5. The van der Waals surface area contributed by atoms with E-state index in [2.05, 4.69) is 27.5 Å². The zero-order valence-corrected chi connectivity index (χ0v) is 16.9. The molecule has 1 unspecified atom stereocenters. The third-order valence-electron chi connectivity index (χ3n) is 4.63. The van der Waals surface area contributed by atoms with Crippen LogP contribution in [0.25, 0.3) is 10.9 Å². The smallest absolute Gasteiger partial charge is 0.227 e. The van der Waals surface area contributed by atoms with Crippen LogP contribution in [0.1, 0.15) is 37.5 Å². The number of aliphatic hydroxyl groups excluding tert-OH is 1. The lowest BCUT2D eigenvalue weighted by atomic mass is 10.1. The molecule has 1 aromatic heterocycles. The summed E-state index contributed by atoms with van der Waals surface area (Å²) in [6.07, 6.45) is 2.34. The molecule has 0 radical (unpaired) electrons. The van der Waals surface area contributed by atoms with Crippen LogP contribution in [-0.2, 0) is 0 Å². The van der Waals surface area contributed by atoms with Crippen molar-refractivity contribution in [1.82, 2.24) is 15.3 Å². The molecular weight excluding hydrogens is 352 g/mol. The van der Waals surface area contributed by atoms with Gasteiger partial charge in [0.2, 0.25) is 5.95 Å². The average molecular weight is 380 g/mol. The molecule has 0 aliphatic carbocycles. The standard InChI is InChI=1S/C22H28N4O2/c1-14-10-18-13-24-22(25-19-7-5-6-17(11-19)16(3)27)26-20(18)12-21(14)28-15(2)8-9-23-4/h5-7,10-13,15-16,23,27H,8-9H2,1-4H3,(H,24,25,26)/t15-,16?/m0/s1. The first-order valence-electron chi connectivity index (χ1n) is 9.60. The summed E-state index contributed by atoms with van der Waals surface area (Å²) >= 11 is 0. The molecule has 2 atom stereocenters. The van der Waals surface area contributed by atoms with Crippen molar-refractivity contribution in [3.05, 3.63) is 53.7 Å². The first-order valence-corrected chi connectivity index (χ1v) is 9.60. The molecule has 6 nitrogen and oxygen atoms in total. The number of nitrogens with one attached hydrogen (secondary N) is 2. The molecule has 0 bridgehead atoms. The van der Waals surface area contributed by atoms with Crippen molar-refractivity contribution in [1.29, 1.82) is 0 Å². The molecule has 0 aliphatic heterocycles. The van der Waals surface area contributed by atoms with Crippen LogP contribution in [0.4, 0.5) is 11.6 Å². The van der Waals surface area contributed by atoms with Gasteiger partial charge >= 0.3 is 0 Å². The van der Waals surface area contributed by atoms with Crippen molar-refractivity contribution in [2.24, 2.45) is 0 Å². The molecule has 3 aromatic rings. The molecule has 0 fully saturated rings. The lowest BCUT2D eigenvalue weighted by molar-refractivity contribution is 0.199. The number of rotatable bonds is 8. The zero-order chi connectivity index (χ0) is 20.1. The van der Waals surface area contributed by atoms with E-state index in [0.29, 0.717) is 5.95 Å². The van der Waals surface area contributed by atoms with Gasteiger partial charge < -0.3 is 20.5 Å². The Bertz CT molecular complexity index is 943. The van der Waals surface area contributed by atoms with Crippen molar-refractivity contribution in [3.8, 4) is 5.75 Å². The summed E-state index contributed by atoms with van der Waals surface area (Å²) in [5.41, 5.74) is 3.57. The molecule has 0 spiro atoms. The Morgan fingerprint density at radius 1 is 1.18 bits per heavy atom. The van der Waals surface area contributed by atoms with Crippen molar-refractivity contribution >= 4 is 22.5 Å². The third-order valence-corrected chi connectivity index (χ3v) is 4.63. The number of hydrogen-bond donors (Lipinski definition) is 3. The van der Waals surface area contributed by atoms with Crippen LogP contribution in [0, 0.1) is 6.92 Å². The summed E-state index contributed by atoms with van der Waals surface area (Å²) in [6, 6.07) is 11.6. The Labute approximate surface area is 166 Å². The fourth-order valence-corrected chi connectivity index (χ4v) is 2.99. The molecule has 0 amide bonds. The number of benzene rings is 2. The maximum atomic E-state index is 9.76. The van der Waals surface area contributed by atoms with E-state index in [1.807, 2.05) is 56.6 Å². The van der Waals surface area contributed by atoms with Gasteiger partial charge in [-0.3, -0.25) is 0 Å². The van der Waals surface area contributed by atoms with E-state index < -0.39 is 6.10 Å². The molecule has 148 valence electrons. The second-order valence-corrected chi connectivity index (χ2v) is 7.12. The minimum absolute atomic E-state index is 0.117. The van der Waals surface area contributed by atoms with Gasteiger partial charge in [-0.15, -0.1) is 0 Å². The normalized spacial score (nSPS) is 13.3. The fraction of sp³-hybridized carbons (Fsp3) is 0.364. The predicted octanol–water partition coefficient (Wildman–Crippen LogP) is 4.11. The monoisotopic (exact) mass is 380 g/mol. The molecule has 3 rings (SSSR count). The molecule has 1 heterocycles. The molecular formula is C22H28N4O2. The number of aromatic nitrogens is 2. The van der Waals surface area contributed by atoms with Crippen LogP contribution >= 0.6 is 0 Å². The Kier molecular flexibility index (Phi) is 6.44. The predicted molar refractivity (Wildman–Crippen MR) is 113 cm³/mol. The maximum Gasteiger partial charge on any atom is 0.227 e. The van der Waals surface area contributed by atoms with E-state index in [1.165, 1.54) is 0 Å². The number of hydrogen-bond acceptors (Lipinski definition) is 6. The van der Waals surface area contributed by atoms with Crippen LogP contribution in [0.2, 0.25) is 0 Å². The van der Waals surface area contributed by atoms with E-state index >= 15 is 0 Å². The first kappa shape index (κ1) is 20.0. The van der Waals surface area contributed by atoms with E-state index in [-0.39, 0.29) is 6.10 Å². The van der Waals surface area contributed by atoms with Gasteiger partial charge in [0, 0.05) is 23.3 Å². The average Bonchev–Trinajstić information content (AvgIpc) is 2.67. The molecule has 2 aromatic carbocycles. The third kappa shape index (κ3) is 4.97. The van der Waals surface area contributed by atoms with Crippen LogP contribution in [0.5, 0.6) is 5.75 Å². The number of fused-ring (bicyclic) bond motifs is 1. The Balaban J connectivity index is 1.83. The van der Waals surface area contributed by atoms with Gasteiger partial charge in [0.15, 0.2) is 0 Å². The summed E-state index contributed by atoms with van der Waals surface area (Å²) in [5, 5.41) is 17.1. The largest absolute Gasteiger partial charge is 0.490 e. The fourth-order valence-electron chi connectivity index (χ4n) is 2.99. The van der Waals surface area contributed by atoms with E-state index in [4.69, 9.17) is 4.74 Å². The number of nitrogens with zero attached hydrogens (tertiary/aromatic N) is 2. The van der Waals surface area contributed by atoms with E-state index in [0.717, 1.165) is 46.4 Å². The van der Waals surface area contributed by atoms with Gasteiger partial charge in [-0.1, -0.05) is 12.1 Å². The minimum Gasteiger partial charge on any atom is -0.490 e. The van der Waals surface area contributed by atoms with E-state index in [1.54, 1.807) is 6.92 Å². The quantitative estimate of drug-likeness (QED) is 0.546. The molecule has 28 heavy (non-hydrogen) atoms. The number of anilines is 2. The molecule has 0 aliphatic rings. The van der Waals surface area contributed by atoms with Crippen LogP contribution in [0.15, 0.2) is 42.6 Å². The summed E-state index contributed by atoms with van der Waals surface area (Å²) < 4.78 is 6.11. The van der Waals surface area contributed by atoms with Crippen LogP contribution in [0.3, 0.4) is 0 Å². The van der Waals surface area contributed by atoms with Gasteiger partial charge in [0.05, 0.1) is 17.7 Å². The van der Waals surface area contributed by atoms with Crippen molar-refractivity contribution in [2.45, 2.75) is 39.4 Å². The summed E-state index contributed by atoms with van der Waals surface area (Å²) in [6.45, 7) is 6.76. The minimum atomic E-state index is -0.521. The second kappa shape index (κ2) is 8.99. The summed E-state index contributed by atoms with van der Waals surface area (Å²) in [7, 11) is 1.94. The van der Waals surface area contributed by atoms with Gasteiger partial charge in [-0.25, -0.2) is 9.97 Å². The lowest BCUT2D eigenvalue weighted by Gasteiger charge is -2.17. The van der Waals surface area contributed by atoms with Gasteiger partial charge in [0.1, 0.15) is 5.75 Å². The van der Waals surface area contributed by atoms with E-state index in [9.17, 15) is 5.11 Å². The molecule has 6 heteroatoms. The lowest BCUT2D eigenvalue weighted by Crippen LogP contribution is -2.19. The van der Waals surface area contributed by atoms with Gasteiger partial charge in [-0.2, -0.15) is 0 Å². The number of ether oxygens (including phenoxy) is 1. The van der Waals surface area contributed by atoms with Crippen LogP contribution < -0.4 is 15.4 Å². The Morgan fingerprint density at radius 3 is 2.75 bits per heavy atom. The summed E-state index contributed by atoms with van der Waals surface area (Å²) in [4.78, 5) is 9.05.